The minimum Gasteiger partial charge on any atom is -0.444 e. The second-order valence-corrected chi connectivity index (χ2v) is 6.98. The molecule has 0 saturated carbocycles. The molecule has 150 valence electrons. The quantitative estimate of drug-likeness (QED) is 0.200. The first-order chi connectivity index (χ1) is 11.9. The summed E-state index contributed by atoms with van der Waals surface area (Å²) in [6.45, 7) is 13.9. The van der Waals surface area contributed by atoms with Gasteiger partial charge in [-0.05, 0) is 34.1 Å². The molecule has 1 heterocycles. The molecule has 0 bridgehead atoms. The van der Waals surface area contributed by atoms with Crippen LogP contribution in [0.5, 0.6) is 0 Å². The Morgan fingerprint density at radius 1 is 1.23 bits per heavy atom. The van der Waals surface area contributed by atoms with E-state index < -0.39 is 5.60 Å². The number of nitrogens with zero attached hydrogens (tertiary/aromatic N) is 3. The van der Waals surface area contributed by atoms with Gasteiger partial charge in [0.1, 0.15) is 5.60 Å². The van der Waals surface area contributed by atoms with E-state index in [2.05, 4.69) is 26.4 Å². The van der Waals surface area contributed by atoms with Gasteiger partial charge in [-0.2, -0.15) is 0 Å². The number of halogens is 1. The van der Waals surface area contributed by atoms with Crippen LogP contribution in [0.15, 0.2) is 4.99 Å². The Kier molecular flexibility index (Phi) is 12.4. The Bertz CT molecular complexity index is 477. The third-order valence-electron chi connectivity index (χ3n) is 3.63. The van der Waals surface area contributed by atoms with Gasteiger partial charge in [-0.3, -0.25) is 9.89 Å². The van der Waals surface area contributed by atoms with Gasteiger partial charge in [-0.15, -0.1) is 30.4 Å². The van der Waals surface area contributed by atoms with E-state index in [4.69, 9.17) is 11.2 Å². The summed E-state index contributed by atoms with van der Waals surface area (Å²) >= 11 is 0. The first-order valence-corrected chi connectivity index (χ1v) is 9.01. The highest BCUT2D eigenvalue weighted by Gasteiger charge is 2.25. The fourth-order valence-electron chi connectivity index (χ4n) is 2.44. The fraction of sp³-hybridized carbons (Fsp3) is 0.778. The average molecular weight is 479 g/mol. The van der Waals surface area contributed by atoms with Crippen LogP contribution >= 0.6 is 24.0 Å². The van der Waals surface area contributed by atoms with Crippen LogP contribution in [0.1, 0.15) is 34.1 Å². The molecule has 1 saturated heterocycles. The number of hydrogen-bond donors (Lipinski definition) is 2. The molecule has 1 rings (SSSR count). The first kappa shape index (κ1) is 24.8. The number of carbonyl (C=O) groups excluding carboxylic acids is 1. The van der Waals surface area contributed by atoms with Crippen LogP contribution in [0.3, 0.4) is 0 Å². The van der Waals surface area contributed by atoms with Crippen LogP contribution in [0.4, 0.5) is 4.79 Å². The molecule has 0 atom stereocenters. The Morgan fingerprint density at radius 2 is 1.88 bits per heavy atom. The maximum absolute atomic E-state index is 12.0. The fourth-order valence-corrected chi connectivity index (χ4v) is 2.44. The maximum Gasteiger partial charge on any atom is 0.410 e. The normalized spacial score (nSPS) is 15.7. The number of rotatable bonds is 6. The molecule has 1 aliphatic heterocycles. The van der Waals surface area contributed by atoms with Crippen LogP contribution in [0.25, 0.3) is 0 Å². The lowest BCUT2D eigenvalue weighted by Crippen LogP contribution is -2.50. The lowest BCUT2D eigenvalue weighted by molar-refractivity contribution is 0.0145. The summed E-state index contributed by atoms with van der Waals surface area (Å²) in [4.78, 5) is 20.7. The molecule has 8 heteroatoms. The number of piperazine rings is 1. The predicted molar refractivity (Wildman–Crippen MR) is 117 cm³/mol. The summed E-state index contributed by atoms with van der Waals surface area (Å²) in [6.07, 6.45) is 6.01. The van der Waals surface area contributed by atoms with Crippen molar-refractivity contribution in [3.63, 3.8) is 0 Å². The van der Waals surface area contributed by atoms with Gasteiger partial charge in [0, 0.05) is 45.8 Å². The van der Waals surface area contributed by atoms with Crippen LogP contribution in [0.2, 0.25) is 0 Å². The van der Waals surface area contributed by atoms with Crippen molar-refractivity contribution in [3.8, 4) is 12.3 Å². The summed E-state index contributed by atoms with van der Waals surface area (Å²) in [5.41, 5.74) is -0.441. The highest BCUT2D eigenvalue weighted by molar-refractivity contribution is 14.0. The Morgan fingerprint density at radius 3 is 2.42 bits per heavy atom. The largest absolute Gasteiger partial charge is 0.444 e. The van der Waals surface area contributed by atoms with Gasteiger partial charge in [-0.1, -0.05) is 5.92 Å². The number of terminal acetylenes is 1. The van der Waals surface area contributed by atoms with E-state index in [-0.39, 0.29) is 30.1 Å². The van der Waals surface area contributed by atoms with E-state index in [1.54, 1.807) is 4.90 Å². The van der Waals surface area contributed by atoms with Gasteiger partial charge in [0.05, 0.1) is 6.54 Å². The molecule has 26 heavy (non-hydrogen) atoms. The number of nitrogens with one attached hydrogen (secondary N) is 2. The smallest absolute Gasteiger partial charge is 0.410 e. The molecule has 0 aromatic rings. The predicted octanol–water partition coefficient (Wildman–Crippen LogP) is 1.74. The zero-order valence-corrected chi connectivity index (χ0v) is 18.8. The van der Waals surface area contributed by atoms with E-state index in [1.807, 2.05) is 27.7 Å². The molecule has 0 aromatic heterocycles. The third kappa shape index (κ3) is 10.7. The highest BCUT2D eigenvalue weighted by Crippen LogP contribution is 2.11. The number of carbonyl (C=O) groups is 1. The van der Waals surface area contributed by atoms with Crippen LogP contribution in [-0.2, 0) is 4.74 Å². The molecule has 0 spiro atoms. The van der Waals surface area contributed by atoms with Gasteiger partial charge in [0.25, 0.3) is 0 Å². The molecule has 7 nitrogen and oxygen atoms in total. The van der Waals surface area contributed by atoms with Crippen LogP contribution in [0, 0.1) is 12.3 Å². The summed E-state index contributed by atoms with van der Waals surface area (Å²) in [7, 11) is 0. The first-order valence-electron chi connectivity index (χ1n) is 9.01. The molecular weight excluding hydrogens is 445 g/mol. The van der Waals surface area contributed by atoms with E-state index in [0.717, 1.165) is 45.1 Å². The minimum atomic E-state index is -0.441. The maximum atomic E-state index is 12.0. The molecule has 0 aromatic carbocycles. The summed E-state index contributed by atoms with van der Waals surface area (Å²) in [6, 6.07) is 0. The third-order valence-corrected chi connectivity index (χ3v) is 3.63. The lowest BCUT2D eigenvalue weighted by Gasteiger charge is -2.35. The van der Waals surface area contributed by atoms with Gasteiger partial charge in [0.15, 0.2) is 5.96 Å². The SMILES string of the molecule is C#CCNC(=NCCCN1CCN(C(=O)OC(C)(C)C)CC1)NCC.I. The Labute approximate surface area is 175 Å². The molecular formula is C18H34IN5O2. The van der Waals surface area contributed by atoms with E-state index >= 15 is 0 Å². The summed E-state index contributed by atoms with van der Waals surface area (Å²) in [5, 5.41) is 6.24. The minimum absolute atomic E-state index is 0. The number of amides is 1. The topological polar surface area (TPSA) is 69.2 Å². The molecule has 1 fully saturated rings. The average Bonchev–Trinajstić information content (AvgIpc) is 2.55. The number of aliphatic imine (C=N–C) groups is 1. The van der Waals surface area contributed by atoms with Crippen molar-refractivity contribution in [2.75, 3.05) is 52.4 Å². The van der Waals surface area contributed by atoms with Crippen molar-refractivity contribution in [1.82, 2.24) is 20.4 Å². The van der Waals surface area contributed by atoms with Crippen molar-refractivity contribution < 1.29 is 9.53 Å². The zero-order chi connectivity index (χ0) is 18.7. The second-order valence-electron chi connectivity index (χ2n) is 6.98. The van der Waals surface area contributed by atoms with Crippen molar-refractivity contribution in [3.05, 3.63) is 0 Å². The Hall–Kier alpha value is -1.21. The lowest BCUT2D eigenvalue weighted by atomic mass is 10.2. The van der Waals surface area contributed by atoms with E-state index in [0.29, 0.717) is 19.6 Å². The number of ether oxygens (including phenoxy) is 1. The summed E-state index contributed by atoms with van der Waals surface area (Å²) in [5.74, 6) is 3.30. The van der Waals surface area contributed by atoms with Gasteiger partial charge >= 0.3 is 6.09 Å². The standard InChI is InChI=1S/C18H33N5O2.HI/c1-6-9-20-16(19-7-2)21-10-8-11-22-12-14-23(15-13-22)17(24)25-18(3,4)5;/h1H,7-15H2,2-5H3,(H2,19,20,21);1H. The monoisotopic (exact) mass is 479 g/mol. The van der Waals surface area contributed by atoms with E-state index in [1.165, 1.54) is 0 Å². The zero-order valence-electron chi connectivity index (χ0n) is 16.5. The molecule has 1 aliphatic rings. The van der Waals surface area contributed by atoms with Crippen molar-refractivity contribution in [1.29, 1.82) is 0 Å². The molecule has 0 radical (unpaired) electrons. The van der Waals surface area contributed by atoms with Gasteiger partial charge in [0.2, 0.25) is 0 Å². The van der Waals surface area contributed by atoms with Crippen molar-refractivity contribution in [2.24, 2.45) is 4.99 Å². The Balaban J connectivity index is 0.00000625. The molecule has 1 amide bonds. The van der Waals surface area contributed by atoms with Crippen LogP contribution in [-0.4, -0.2) is 79.8 Å². The number of guanidine groups is 1. The van der Waals surface area contributed by atoms with E-state index in [9.17, 15) is 4.79 Å². The van der Waals surface area contributed by atoms with Crippen LogP contribution < -0.4 is 10.6 Å². The number of hydrogen-bond acceptors (Lipinski definition) is 4. The van der Waals surface area contributed by atoms with Crippen molar-refractivity contribution >= 4 is 36.0 Å². The molecule has 2 N–H and O–H groups in total. The van der Waals surface area contributed by atoms with Crippen molar-refractivity contribution in [2.45, 2.75) is 39.7 Å². The van der Waals surface area contributed by atoms with Gasteiger partial charge < -0.3 is 20.3 Å². The molecule has 0 aliphatic carbocycles. The highest BCUT2D eigenvalue weighted by atomic mass is 127. The molecule has 0 unspecified atom stereocenters. The summed E-state index contributed by atoms with van der Waals surface area (Å²) < 4.78 is 5.42. The second kappa shape index (κ2) is 13.0. The van der Waals surface area contributed by atoms with Gasteiger partial charge in [-0.25, -0.2) is 4.79 Å².